The third kappa shape index (κ3) is 4.99. The number of piperidine rings is 1. The quantitative estimate of drug-likeness (QED) is 0.756. The van der Waals surface area contributed by atoms with Gasteiger partial charge in [0.2, 0.25) is 0 Å². The summed E-state index contributed by atoms with van der Waals surface area (Å²) in [5.41, 5.74) is 1.21. The largest absolute Gasteiger partial charge is 0.496 e. The van der Waals surface area contributed by atoms with Crippen molar-refractivity contribution in [2.24, 2.45) is 0 Å². The molecule has 1 aliphatic heterocycles. The van der Waals surface area contributed by atoms with Crippen molar-refractivity contribution in [3.63, 3.8) is 0 Å². The summed E-state index contributed by atoms with van der Waals surface area (Å²) in [7, 11) is 1.72. The summed E-state index contributed by atoms with van der Waals surface area (Å²) in [5.74, 6) is 0.947. The molecule has 4 heteroatoms. The van der Waals surface area contributed by atoms with Crippen molar-refractivity contribution < 1.29 is 9.84 Å². The Labute approximate surface area is 128 Å². The van der Waals surface area contributed by atoms with E-state index < -0.39 is 0 Å². The van der Waals surface area contributed by atoms with Crippen molar-refractivity contribution in [3.05, 3.63) is 29.8 Å². The highest BCUT2D eigenvalue weighted by Crippen LogP contribution is 2.24. The molecule has 1 heterocycles. The molecule has 4 nitrogen and oxygen atoms in total. The fourth-order valence-corrected chi connectivity index (χ4v) is 2.90. The van der Waals surface area contributed by atoms with E-state index in [9.17, 15) is 5.11 Å². The molecule has 21 heavy (non-hydrogen) atoms. The monoisotopic (exact) mass is 292 g/mol. The number of benzene rings is 1. The van der Waals surface area contributed by atoms with Gasteiger partial charge in [0.05, 0.1) is 13.2 Å². The van der Waals surface area contributed by atoms with E-state index in [0.717, 1.165) is 51.2 Å². The van der Waals surface area contributed by atoms with Crippen molar-refractivity contribution in [1.29, 1.82) is 0 Å². The Balaban J connectivity index is 1.68. The molecule has 0 aromatic heterocycles. The van der Waals surface area contributed by atoms with E-state index in [4.69, 9.17) is 4.74 Å². The lowest BCUT2D eigenvalue weighted by atomic mass is 10.1. The molecule has 2 rings (SSSR count). The highest BCUT2D eigenvalue weighted by atomic mass is 16.5. The molecule has 0 aliphatic carbocycles. The summed E-state index contributed by atoms with van der Waals surface area (Å²) in [6, 6.07) is 8.47. The van der Waals surface area contributed by atoms with Crippen LogP contribution in [0.15, 0.2) is 24.3 Å². The van der Waals surface area contributed by atoms with Crippen molar-refractivity contribution in [2.75, 3.05) is 33.3 Å². The van der Waals surface area contributed by atoms with Gasteiger partial charge in [-0.1, -0.05) is 18.2 Å². The van der Waals surface area contributed by atoms with Gasteiger partial charge in [0.25, 0.3) is 0 Å². The molecule has 1 unspecified atom stereocenters. The first-order valence-corrected chi connectivity index (χ1v) is 7.97. The van der Waals surface area contributed by atoms with Crippen molar-refractivity contribution in [1.82, 2.24) is 10.2 Å². The first-order valence-electron chi connectivity index (χ1n) is 7.97. The fraction of sp³-hybridized carbons (Fsp3) is 0.647. The van der Waals surface area contributed by atoms with Crippen LogP contribution in [0.25, 0.3) is 0 Å². The van der Waals surface area contributed by atoms with Crippen molar-refractivity contribution >= 4 is 0 Å². The van der Waals surface area contributed by atoms with Crippen LogP contribution in [0.5, 0.6) is 5.75 Å². The first kappa shape index (κ1) is 16.3. The minimum absolute atomic E-state index is 0.0788. The highest BCUT2D eigenvalue weighted by Gasteiger charge is 2.16. The van der Waals surface area contributed by atoms with Gasteiger partial charge in [0.15, 0.2) is 0 Å². The molecule has 0 amide bonds. The zero-order valence-electron chi connectivity index (χ0n) is 13.2. The zero-order chi connectivity index (χ0) is 15.1. The normalized spacial score (nSPS) is 18.6. The molecule has 1 aromatic carbocycles. The van der Waals surface area contributed by atoms with Crippen LogP contribution in [0, 0.1) is 0 Å². The second kappa shape index (κ2) is 8.37. The number of rotatable bonds is 7. The fourth-order valence-electron chi connectivity index (χ4n) is 2.90. The Morgan fingerprint density at radius 3 is 2.76 bits per heavy atom. The average molecular weight is 292 g/mol. The third-order valence-corrected chi connectivity index (χ3v) is 4.26. The number of methoxy groups -OCH3 is 1. The maximum Gasteiger partial charge on any atom is 0.123 e. The zero-order valence-corrected chi connectivity index (χ0v) is 13.2. The minimum atomic E-state index is -0.0788. The second-order valence-electron chi connectivity index (χ2n) is 5.84. The van der Waals surface area contributed by atoms with Crippen LogP contribution in [0.2, 0.25) is 0 Å². The smallest absolute Gasteiger partial charge is 0.123 e. The predicted molar refractivity (Wildman–Crippen MR) is 85.7 cm³/mol. The first-order chi connectivity index (χ1) is 10.2. The Hall–Kier alpha value is -1.10. The summed E-state index contributed by atoms with van der Waals surface area (Å²) in [6.45, 7) is 6.35. The van der Waals surface area contributed by atoms with E-state index in [1.165, 1.54) is 5.56 Å². The van der Waals surface area contributed by atoms with Crippen molar-refractivity contribution in [2.45, 2.75) is 38.3 Å². The number of nitrogens with one attached hydrogen (secondary N) is 1. The number of aliphatic hydroxyl groups is 1. The molecule has 0 saturated carbocycles. The Kier molecular flexibility index (Phi) is 6.49. The molecule has 2 N–H and O–H groups in total. The van der Waals surface area contributed by atoms with E-state index in [2.05, 4.69) is 29.3 Å². The molecule has 1 aromatic rings. The summed E-state index contributed by atoms with van der Waals surface area (Å²) in [5, 5.41) is 13.1. The van der Waals surface area contributed by atoms with Crippen LogP contribution in [-0.2, 0) is 0 Å². The van der Waals surface area contributed by atoms with Gasteiger partial charge < -0.3 is 20.1 Å². The number of para-hydroxylation sites is 1. The molecular formula is C17H28N2O2. The van der Waals surface area contributed by atoms with E-state index in [-0.39, 0.29) is 6.10 Å². The topological polar surface area (TPSA) is 44.7 Å². The van der Waals surface area contributed by atoms with E-state index >= 15 is 0 Å². The van der Waals surface area contributed by atoms with Gasteiger partial charge in [0, 0.05) is 24.7 Å². The predicted octanol–water partition coefficient (Wildman–Crippen LogP) is 2.19. The van der Waals surface area contributed by atoms with Crippen LogP contribution in [0.4, 0.5) is 0 Å². The SMILES string of the molecule is COc1ccccc1C(C)NCCCN1CCC(O)CC1. The van der Waals surface area contributed by atoms with Gasteiger partial charge in [-0.3, -0.25) is 0 Å². The average Bonchev–Trinajstić information content (AvgIpc) is 2.53. The molecule has 1 aliphatic rings. The number of ether oxygens (including phenoxy) is 1. The van der Waals surface area contributed by atoms with Gasteiger partial charge in [-0.05, 0) is 45.3 Å². The molecule has 0 bridgehead atoms. The summed E-state index contributed by atoms with van der Waals surface area (Å²) in [6.07, 6.45) is 2.90. The van der Waals surface area contributed by atoms with E-state index in [0.29, 0.717) is 6.04 Å². The van der Waals surface area contributed by atoms with E-state index in [1.807, 2.05) is 12.1 Å². The lowest BCUT2D eigenvalue weighted by molar-refractivity contribution is 0.0820. The van der Waals surface area contributed by atoms with Gasteiger partial charge in [-0.15, -0.1) is 0 Å². The lowest BCUT2D eigenvalue weighted by Crippen LogP contribution is -2.37. The molecule has 1 fully saturated rings. The molecular weight excluding hydrogens is 264 g/mol. The highest BCUT2D eigenvalue weighted by molar-refractivity contribution is 5.35. The Bertz CT molecular complexity index is 417. The minimum Gasteiger partial charge on any atom is -0.496 e. The van der Waals surface area contributed by atoms with Crippen LogP contribution < -0.4 is 10.1 Å². The number of nitrogens with zero attached hydrogens (tertiary/aromatic N) is 1. The molecule has 0 radical (unpaired) electrons. The Morgan fingerprint density at radius 2 is 2.05 bits per heavy atom. The molecule has 118 valence electrons. The van der Waals surface area contributed by atoms with Crippen LogP contribution in [0.1, 0.15) is 37.8 Å². The second-order valence-corrected chi connectivity index (χ2v) is 5.84. The number of hydrogen-bond donors (Lipinski definition) is 2. The van der Waals surface area contributed by atoms with Crippen LogP contribution in [0.3, 0.4) is 0 Å². The molecule has 1 atom stereocenters. The maximum absolute atomic E-state index is 9.50. The van der Waals surface area contributed by atoms with Gasteiger partial charge >= 0.3 is 0 Å². The Morgan fingerprint density at radius 1 is 1.33 bits per heavy atom. The van der Waals surface area contributed by atoms with E-state index in [1.54, 1.807) is 7.11 Å². The summed E-state index contributed by atoms with van der Waals surface area (Å²) >= 11 is 0. The summed E-state index contributed by atoms with van der Waals surface area (Å²) in [4.78, 5) is 2.45. The van der Waals surface area contributed by atoms with Gasteiger partial charge in [0.1, 0.15) is 5.75 Å². The number of likely N-dealkylation sites (tertiary alicyclic amines) is 1. The summed E-state index contributed by atoms with van der Waals surface area (Å²) < 4.78 is 5.41. The van der Waals surface area contributed by atoms with Gasteiger partial charge in [-0.25, -0.2) is 0 Å². The molecule has 0 spiro atoms. The van der Waals surface area contributed by atoms with Crippen LogP contribution in [-0.4, -0.2) is 49.4 Å². The standard InChI is InChI=1S/C17H28N2O2/c1-14(16-6-3-4-7-17(16)21-2)18-10-5-11-19-12-8-15(20)9-13-19/h3-4,6-7,14-15,18,20H,5,8-13H2,1-2H3. The van der Waals surface area contributed by atoms with Crippen LogP contribution >= 0.6 is 0 Å². The third-order valence-electron chi connectivity index (χ3n) is 4.26. The number of aliphatic hydroxyl groups excluding tert-OH is 1. The number of hydrogen-bond acceptors (Lipinski definition) is 4. The maximum atomic E-state index is 9.50. The van der Waals surface area contributed by atoms with Crippen molar-refractivity contribution in [3.8, 4) is 5.75 Å². The lowest BCUT2D eigenvalue weighted by Gasteiger charge is -2.29. The van der Waals surface area contributed by atoms with Gasteiger partial charge in [-0.2, -0.15) is 0 Å². The molecule has 1 saturated heterocycles.